The van der Waals surface area contributed by atoms with Crippen molar-refractivity contribution in [1.29, 1.82) is 0 Å². The van der Waals surface area contributed by atoms with Crippen molar-refractivity contribution in [2.45, 2.75) is 58.1 Å². The lowest BCUT2D eigenvalue weighted by Crippen LogP contribution is -2.35. The van der Waals surface area contributed by atoms with Gasteiger partial charge >= 0.3 is 0 Å². The largest absolute Gasteiger partial charge is 0.392 e. The molecule has 78 valence electrons. The highest BCUT2D eigenvalue weighted by Crippen LogP contribution is 2.30. The van der Waals surface area contributed by atoms with Gasteiger partial charge in [-0.25, -0.2) is 0 Å². The van der Waals surface area contributed by atoms with Crippen LogP contribution in [-0.2, 0) is 0 Å². The van der Waals surface area contributed by atoms with Gasteiger partial charge in [0.25, 0.3) is 0 Å². The number of rotatable bonds is 6. The van der Waals surface area contributed by atoms with Gasteiger partial charge in [0.1, 0.15) is 0 Å². The summed E-state index contributed by atoms with van der Waals surface area (Å²) in [4.78, 5) is 0. The van der Waals surface area contributed by atoms with Gasteiger partial charge < -0.3 is 10.4 Å². The highest BCUT2D eigenvalue weighted by molar-refractivity contribution is 4.75. The van der Waals surface area contributed by atoms with Gasteiger partial charge in [-0.1, -0.05) is 26.2 Å². The summed E-state index contributed by atoms with van der Waals surface area (Å²) in [6, 6.07) is 0.575. The van der Waals surface area contributed by atoms with Crippen molar-refractivity contribution in [2.75, 3.05) is 6.54 Å². The normalized spacial score (nSPS) is 22.4. The molecule has 2 atom stereocenters. The molecule has 0 radical (unpaired) electrons. The third-order valence-corrected chi connectivity index (χ3v) is 3.08. The molecule has 13 heavy (non-hydrogen) atoms. The summed E-state index contributed by atoms with van der Waals surface area (Å²) in [5.41, 5.74) is 0. The van der Waals surface area contributed by atoms with E-state index in [2.05, 4.69) is 12.2 Å². The molecule has 0 bridgehead atoms. The second-order valence-electron chi connectivity index (χ2n) is 4.40. The molecule has 0 spiro atoms. The van der Waals surface area contributed by atoms with Gasteiger partial charge in [0.15, 0.2) is 0 Å². The number of aliphatic hydroxyl groups excluding tert-OH is 1. The first-order valence-corrected chi connectivity index (χ1v) is 5.63. The molecular formula is C11H23NO. The van der Waals surface area contributed by atoms with Crippen LogP contribution in [0, 0.1) is 5.92 Å². The van der Waals surface area contributed by atoms with E-state index in [1.165, 1.54) is 25.7 Å². The Balaban J connectivity index is 1.99. The summed E-state index contributed by atoms with van der Waals surface area (Å²) in [7, 11) is 0. The van der Waals surface area contributed by atoms with Crippen molar-refractivity contribution in [3.05, 3.63) is 0 Å². The standard InChI is InChI=1S/C11H23NO/c1-3-11(13)8-12-9(2)7-10-5-4-6-10/h9-13H,3-8H2,1-2H3. The molecular weight excluding hydrogens is 162 g/mol. The summed E-state index contributed by atoms with van der Waals surface area (Å²) in [6.07, 6.45) is 6.24. The van der Waals surface area contributed by atoms with Crippen LogP contribution in [0.25, 0.3) is 0 Å². The molecule has 0 aromatic rings. The maximum absolute atomic E-state index is 9.35. The topological polar surface area (TPSA) is 32.3 Å². The van der Waals surface area contributed by atoms with Gasteiger partial charge in [-0.15, -0.1) is 0 Å². The fourth-order valence-electron chi connectivity index (χ4n) is 1.79. The third-order valence-electron chi connectivity index (χ3n) is 3.08. The smallest absolute Gasteiger partial charge is 0.0662 e. The summed E-state index contributed by atoms with van der Waals surface area (Å²) >= 11 is 0. The molecule has 1 fully saturated rings. The number of nitrogens with one attached hydrogen (secondary N) is 1. The number of hydrogen-bond donors (Lipinski definition) is 2. The second kappa shape index (κ2) is 5.61. The molecule has 2 N–H and O–H groups in total. The van der Waals surface area contributed by atoms with Crippen molar-refractivity contribution >= 4 is 0 Å². The monoisotopic (exact) mass is 185 g/mol. The van der Waals surface area contributed by atoms with E-state index >= 15 is 0 Å². The van der Waals surface area contributed by atoms with E-state index in [0.29, 0.717) is 6.04 Å². The van der Waals surface area contributed by atoms with Crippen molar-refractivity contribution < 1.29 is 5.11 Å². The van der Waals surface area contributed by atoms with Crippen LogP contribution in [0.3, 0.4) is 0 Å². The second-order valence-corrected chi connectivity index (χ2v) is 4.40. The predicted molar refractivity (Wildman–Crippen MR) is 55.7 cm³/mol. The van der Waals surface area contributed by atoms with Crippen LogP contribution in [0.15, 0.2) is 0 Å². The van der Waals surface area contributed by atoms with Crippen LogP contribution < -0.4 is 5.32 Å². The fraction of sp³-hybridized carbons (Fsp3) is 1.00. The van der Waals surface area contributed by atoms with Crippen LogP contribution >= 0.6 is 0 Å². The quantitative estimate of drug-likeness (QED) is 0.662. The molecule has 1 rings (SSSR count). The first-order valence-electron chi connectivity index (χ1n) is 5.63. The molecule has 2 unspecified atom stereocenters. The third kappa shape index (κ3) is 4.10. The van der Waals surface area contributed by atoms with Gasteiger partial charge in [0.05, 0.1) is 6.10 Å². The number of hydrogen-bond acceptors (Lipinski definition) is 2. The van der Waals surface area contributed by atoms with E-state index in [-0.39, 0.29) is 6.10 Å². The molecule has 0 amide bonds. The summed E-state index contributed by atoms with van der Waals surface area (Å²) in [5.74, 6) is 0.960. The van der Waals surface area contributed by atoms with E-state index in [9.17, 15) is 5.11 Å². The minimum atomic E-state index is -0.163. The lowest BCUT2D eigenvalue weighted by Gasteiger charge is -2.28. The Labute approximate surface area is 81.7 Å². The van der Waals surface area contributed by atoms with E-state index in [1.807, 2.05) is 6.92 Å². The molecule has 0 aromatic carbocycles. The van der Waals surface area contributed by atoms with Crippen LogP contribution in [0.5, 0.6) is 0 Å². The SMILES string of the molecule is CCC(O)CNC(C)CC1CCC1. The van der Waals surface area contributed by atoms with Crippen molar-refractivity contribution in [2.24, 2.45) is 5.92 Å². The zero-order valence-corrected chi connectivity index (χ0v) is 8.92. The maximum Gasteiger partial charge on any atom is 0.0662 e. The molecule has 1 aliphatic carbocycles. The van der Waals surface area contributed by atoms with Crippen LogP contribution in [0.1, 0.15) is 46.0 Å². The molecule has 2 heteroatoms. The van der Waals surface area contributed by atoms with Crippen LogP contribution in [0.4, 0.5) is 0 Å². The summed E-state index contributed by atoms with van der Waals surface area (Å²) in [6.45, 7) is 4.99. The minimum Gasteiger partial charge on any atom is -0.392 e. The average Bonchev–Trinajstić information content (AvgIpc) is 2.07. The molecule has 0 heterocycles. The molecule has 0 aliphatic heterocycles. The van der Waals surface area contributed by atoms with Crippen LogP contribution in [0.2, 0.25) is 0 Å². The van der Waals surface area contributed by atoms with E-state index in [4.69, 9.17) is 0 Å². The Kier molecular flexibility index (Phi) is 4.74. The maximum atomic E-state index is 9.35. The fourth-order valence-corrected chi connectivity index (χ4v) is 1.79. The first-order chi connectivity index (χ1) is 6.22. The average molecular weight is 185 g/mol. The van der Waals surface area contributed by atoms with Crippen LogP contribution in [-0.4, -0.2) is 23.8 Å². The minimum absolute atomic E-state index is 0.163. The zero-order valence-electron chi connectivity index (χ0n) is 8.92. The Hall–Kier alpha value is -0.0800. The van der Waals surface area contributed by atoms with Gasteiger partial charge in [-0.3, -0.25) is 0 Å². The predicted octanol–water partition coefficient (Wildman–Crippen LogP) is 1.93. The lowest BCUT2D eigenvalue weighted by molar-refractivity contribution is 0.158. The van der Waals surface area contributed by atoms with Crippen molar-refractivity contribution in [1.82, 2.24) is 5.32 Å². The molecule has 2 nitrogen and oxygen atoms in total. The van der Waals surface area contributed by atoms with E-state index in [0.717, 1.165) is 18.9 Å². The van der Waals surface area contributed by atoms with Gasteiger partial charge in [0.2, 0.25) is 0 Å². The molecule has 1 aliphatic rings. The Morgan fingerprint density at radius 2 is 2.15 bits per heavy atom. The highest BCUT2D eigenvalue weighted by atomic mass is 16.3. The Bertz CT molecular complexity index is 134. The van der Waals surface area contributed by atoms with E-state index < -0.39 is 0 Å². The first kappa shape index (κ1) is 11.0. The lowest BCUT2D eigenvalue weighted by atomic mass is 9.81. The zero-order chi connectivity index (χ0) is 9.68. The van der Waals surface area contributed by atoms with Gasteiger partial charge in [-0.2, -0.15) is 0 Å². The van der Waals surface area contributed by atoms with Crippen molar-refractivity contribution in [3.8, 4) is 0 Å². The molecule has 0 saturated heterocycles. The van der Waals surface area contributed by atoms with Gasteiger partial charge in [-0.05, 0) is 25.7 Å². The molecule has 0 aromatic heterocycles. The highest BCUT2D eigenvalue weighted by Gasteiger charge is 2.19. The Morgan fingerprint density at radius 1 is 1.46 bits per heavy atom. The van der Waals surface area contributed by atoms with E-state index in [1.54, 1.807) is 0 Å². The summed E-state index contributed by atoms with van der Waals surface area (Å²) < 4.78 is 0. The summed E-state index contributed by atoms with van der Waals surface area (Å²) in [5, 5.41) is 12.7. The van der Waals surface area contributed by atoms with Gasteiger partial charge in [0, 0.05) is 12.6 Å². The van der Waals surface area contributed by atoms with Crippen molar-refractivity contribution in [3.63, 3.8) is 0 Å². The molecule has 1 saturated carbocycles. The Morgan fingerprint density at radius 3 is 2.62 bits per heavy atom. The number of aliphatic hydroxyl groups is 1.